The highest BCUT2D eigenvalue weighted by atomic mass is 35.5. The van der Waals surface area contributed by atoms with Crippen LogP contribution in [0.5, 0.6) is 11.5 Å². The molecule has 0 fully saturated rings. The number of hydrogen-bond donors (Lipinski definition) is 0. The fraction of sp³-hybridized carbons (Fsp3) is 0.114. The van der Waals surface area contributed by atoms with Crippen LogP contribution in [-0.4, -0.2) is 23.0 Å². The van der Waals surface area contributed by atoms with Crippen LogP contribution in [-0.2, 0) is 13.0 Å². The summed E-state index contributed by atoms with van der Waals surface area (Å²) < 4.78 is 19.3. The SMILES string of the molecule is C=CCc1cc(C=Nn2c(-c3cc4cc(Cl)ccc4o3)nc3ccccc3c2=O)cc(OC)c1OCc1cccc(C)c1. The van der Waals surface area contributed by atoms with E-state index in [0.717, 1.165) is 22.1 Å². The fourth-order valence-electron chi connectivity index (χ4n) is 4.98. The van der Waals surface area contributed by atoms with E-state index in [1.165, 1.54) is 4.68 Å². The highest BCUT2D eigenvalue weighted by molar-refractivity contribution is 6.31. The average Bonchev–Trinajstić information content (AvgIpc) is 3.43. The van der Waals surface area contributed by atoms with E-state index < -0.39 is 0 Å². The Morgan fingerprint density at radius 1 is 1.05 bits per heavy atom. The molecule has 0 spiro atoms. The van der Waals surface area contributed by atoms with Gasteiger partial charge in [0.2, 0.25) is 5.82 Å². The first-order valence-corrected chi connectivity index (χ1v) is 14.1. The lowest BCUT2D eigenvalue weighted by Crippen LogP contribution is -2.20. The van der Waals surface area contributed by atoms with E-state index >= 15 is 0 Å². The summed E-state index contributed by atoms with van der Waals surface area (Å²) in [6.07, 6.45) is 3.95. The summed E-state index contributed by atoms with van der Waals surface area (Å²) in [5.41, 5.74) is 4.64. The van der Waals surface area contributed by atoms with Gasteiger partial charge in [-0.15, -0.1) is 6.58 Å². The molecule has 4 aromatic carbocycles. The van der Waals surface area contributed by atoms with Crippen molar-refractivity contribution < 1.29 is 13.9 Å². The van der Waals surface area contributed by atoms with Crippen LogP contribution in [0.1, 0.15) is 22.3 Å². The van der Waals surface area contributed by atoms with Crippen molar-refractivity contribution in [3.8, 4) is 23.1 Å². The van der Waals surface area contributed by atoms with Crippen molar-refractivity contribution in [1.29, 1.82) is 0 Å². The topological polar surface area (TPSA) is 78.9 Å². The molecule has 8 heteroatoms. The predicted octanol–water partition coefficient (Wildman–Crippen LogP) is 7.97. The molecule has 6 aromatic rings. The molecule has 0 N–H and O–H groups in total. The molecule has 214 valence electrons. The van der Waals surface area contributed by atoms with Gasteiger partial charge in [-0.25, -0.2) is 4.98 Å². The number of aryl methyl sites for hydroxylation is 1. The van der Waals surface area contributed by atoms with Gasteiger partial charge in [0.05, 0.1) is 24.2 Å². The minimum atomic E-state index is -0.327. The van der Waals surface area contributed by atoms with Gasteiger partial charge in [0.25, 0.3) is 5.56 Å². The Morgan fingerprint density at radius 2 is 1.91 bits per heavy atom. The number of furan rings is 1. The molecule has 0 atom stereocenters. The van der Waals surface area contributed by atoms with Crippen molar-refractivity contribution in [1.82, 2.24) is 9.66 Å². The Morgan fingerprint density at radius 3 is 2.72 bits per heavy atom. The van der Waals surface area contributed by atoms with E-state index in [2.05, 4.69) is 17.7 Å². The van der Waals surface area contributed by atoms with Gasteiger partial charge in [-0.2, -0.15) is 9.78 Å². The second kappa shape index (κ2) is 12.0. The molecule has 0 radical (unpaired) electrons. The van der Waals surface area contributed by atoms with E-state index in [1.54, 1.807) is 61.9 Å². The molecular weight excluding hydrogens is 562 g/mol. The summed E-state index contributed by atoms with van der Waals surface area (Å²) in [7, 11) is 1.59. The largest absolute Gasteiger partial charge is 0.493 e. The molecule has 7 nitrogen and oxygen atoms in total. The zero-order valence-electron chi connectivity index (χ0n) is 23.7. The quantitative estimate of drug-likeness (QED) is 0.126. The van der Waals surface area contributed by atoms with Gasteiger partial charge in [0, 0.05) is 16.0 Å². The van der Waals surface area contributed by atoms with Gasteiger partial charge in [0.1, 0.15) is 12.2 Å². The van der Waals surface area contributed by atoms with E-state index in [1.807, 2.05) is 43.3 Å². The Hall–Kier alpha value is -5.14. The molecule has 0 aliphatic heterocycles. The van der Waals surface area contributed by atoms with Crippen LogP contribution in [0.15, 0.2) is 112 Å². The molecule has 0 unspecified atom stereocenters. The summed E-state index contributed by atoms with van der Waals surface area (Å²) in [5.74, 6) is 1.84. The number of halogens is 1. The Balaban J connectivity index is 1.43. The van der Waals surface area contributed by atoms with Crippen LogP contribution in [0.2, 0.25) is 5.02 Å². The molecule has 0 saturated carbocycles. The van der Waals surface area contributed by atoms with Crippen LogP contribution < -0.4 is 15.0 Å². The number of fused-ring (bicyclic) bond motifs is 2. The van der Waals surface area contributed by atoms with E-state index in [9.17, 15) is 4.79 Å². The maximum Gasteiger partial charge on any atom is 0.282 e. The number of ether oxygens (including phenoxy) is 2. The van der Waals surface area contributed by atoms with Crippen LogP contribution in [0, 0.1) is 6.92 Å². The molecule has 0 amide bonds. The van der Waals surface area contributed by atoms with Crippen molar-refractivity contribution in [2.75, 3.05) is 7.11 Å². The lowest BCUT2D eigenvalue weighted by atomic mass is 10.1. The highest BCUT2D eigenvalue weighted by Crippen LogP contribution is 2.34. The third kappa shape index (κ3) is 5.80. The third-order valence-electron chi connectivity index (χ3n) is 6.98. The number of benzene rings is 4. The molecule has 0 aliphatic rings. The maximum absolute atomic E-state index is 13.7. The van der Waals surface area contributed by atoms with Crippen molar-refractivity contribution in [3.63, 3.8) is 0 Å². The minimum Gasteiger partial charge on any atom is -0.493 e. The first-order valence-electron chi connectivity index (χ1n) is 13.7. The summed E-state index contributed by atoms with van der Waals surface area (Å²) in [6, 6.07) is 26.2. The van der Waals surface area contributed by atoms with Gasteiger partial charge >= 0.3 is 0 Å². The standard InChI is InChI=1S/C35H28ClN3O4/c1-4-8-25-16-24(17-31(41-3)33(25)42-21-23-10-7-9-22(2)15-23)20-37-39-34(38-29-12-6-5-11-28(29)35(39)40)32-19-26-18-27(36)13-14-30(26)43-32/h4-7,9-20H,1,8,21H2,2-3H3. The van der Waals surface area contributed by atoms with Gasteiger partial charge in [-0.1, -0.05) is 59.6 Å². The van der Waals surface area contributed by atoms with Crippen LogP contribution in [0.25, 0.3) is 33.5 Å². The monoisotopic (exact) mass is 589 g/mol. The second-order valence-electron chi connectivity index (χ2n) is 10.1. The van der Waals surface area contributed by atoms with Crippen LogP contribution in [0.4, 0.5) is 0 Å². The van der Waals surface area contributed by atoms with Crippen molar-refractivity contribution in [2.45, 2.75) is 20.0 Å². The summed E-state index contributed by atoms with van der Waals surface area (Å²) in [4.78, 5) is 18.4. The molecule has 43 heavy (non-hydrogen) atoms. The van der Waals surface area contributed by atoms with Crippen molar-refractivity contribution >= 4 is 39.7 Å². The normalized spacial score (nSPS) is 11.4. The van der Waals surface area contributed by atoms with E-state index in [0.29, 0.717) is 57.4 Å². The number of methoxy groups -OCH3 is 1. The number of allylic oxidation sites excluding steroid dienone is 1. The fourth-order valence-corrected chi connectivity index (χ4v) is 5.16. The van der Waals surface area contributed by atoms with Crippen LogP contribution in [0.3, 0.4) is 0 Å². The predicted molar refractivity (Wildman–Crippen MR) is 172 cm³/mol. The Labute approximate surface area is 253 Å². The third-order valence-corrected chi connectivity index (χ3v) is 7.21. The minimum absolute atomic E-state index is 0.267. The number of hydrogen-bond acceptors (Lipinski definition) is 6. The highest BCUT2D eigenvalue weighted by Gasteiger charge is 2.17. The molecule has 2 aromatic heterocycles. The summed E-state index contributed by atoms with van der Waals surface area (Å²) in [5, 5.41) is 6.42. The lowest BCUT2D eigenvalue weighted by Gasteiger charge is -2.16. The first kappa shape index (κ1) is 28.0. The van der Waals surface area contributed by atoms with Gasteiger partial charge < -0.3 is 13.9 Å². The summed E-state index contributed by atoms with van der Waals surface area (Å²) in [6.45, 7) is 6.35. The lowest BCUT2D eigenvalue weighted by molar-refractivity contribution is 0.282. The zero-order valence-corrected chi connectivity index (χ0v) is 24.5. The van der Waals surface area contributed by atoms with Crippen molar-refractivity contribution in [2.24, 2.45) is 5.10 Å². The van der Waals surface area contributed by atoms with Crippen LogP contribution >= 0.6 is 11.6 Å². The average molecular weight is 590 g/mol. The molecule has 0 saturated heterocycles. The molecule has 0 aliphatic carbocycles. The molecule has 6 rings (SSSR count). The van der Waals surface area contributed by atoms with Gasteiger partial charge in [-0.05, 0) is 73.0 Å². The van der Waals surface area contributed by atoms with Gasteiger partial charge in [0.15, 0.2) is 17.3 Å². The second-order valence-corrected chi connectivity index (χ2v) is 10.5. The number of para-hydroxylation sites is 1. The summed E-state index contributed by atoms with van der Waals surface area (Å²) >= 11 is 6.19. The molecular formula is C35H28ClN3O4. The van der Waals surface area contributed by atoms with E-state index in [-0.39, 0.29) is 11.4 Å². The zero-order chi connectivity index (χ0) is 29.9. The first-order chi connectivity index (χ1) is 20.9. The smallest absolute Gasteiger partial charge is 0.282 e. The molecule has 0 bridgehead atoms. The van der Waals surface area contributed by atoms with Gasteiger partial charge in [-0.3, -0.25) is 4.79 Å². The Kier molecular flexibility index (Phi) is 7.81. The van der Waals surface area contributed by atoms with E-state index in [4.69, 9.17) is 30.5 Å². The number of rotatable bonds is 9. The molecule has 2 heterocycles. The maximum atomic E-state index is 13.7. The Bertz CT molecular complexity index is 2080. The number of nitrogens with zero attached hydrogens (tertiary/aromatic N) is 3. The van der Waals surface area contributed by atoms with Crippen molar-refractivity contribution in [3.05, 3.63) is 135 Å². The number of aromatic nitrogens is 2.